The van der Waals surface area contributed by atoms with Crippen molar-refractivity contribution < 1.29 is 14.3 Å². The predicted molar refractivity (Wildman–Crippen MR) is 62.3 cm³/mol. The minimum absolute atomic E-state index is 0.272. The van der Waals surface area contributed by atoms with Crippen LogP contribution in [-0.4, -0.2) is 23.2 Å². The Morgan fingerprint density at radius 1 is 1.53 bits per heavy atom. The van der Waals surface area contributed by atoms with Crippen molar-refractivity contribution in [2.45, 2.75) is 31.2 Å². The molecule has 0 aliphatic carbocycles. The molecule has 1 aromatic rings. The molecule has 0 bridgehead atoms. The van der Waals surface area contributed by atoms with E-state index in [0.29, 0.717) is 19.3 Å². The predicted octanol–water partition coefficient (Wildman–Crippen LogP) is 1.97. The van der Waals surface area contributed by atoms with Gasteiger partial charge in [-0.05, 0) is 49.9 Å². The second-order valence-corrected chi connectivity index (χ2v) is 4.55. The molecule has 4 heteroatoms. The number of hydrogen-bond acceptors (Lipinski definition) is 2. The van der Waals surface area contributed by atoms with E-state index < -0.39 is 11.5 Å². The van der Waals surface area contributed by atoms with Gasteiger partial charge >= 0.3 is 5.97 Å². The van der Waals surface area contributed by atoms with Crippen LogP contribution in [0, 0.1) is 5.82 Å². The van der Waals surface area contributed by atoms with E-state index in [1.165, 1.54) is 12.1 Å². The zero-order chi connectivity index (χ0) is 12.3. The number of aryl methyl sites for hydroxylation is 1. The summed E-state index contributed by atoms with van der Waals surface area (Å²) in [4.78, 5) is 11.3. The summed E-state index contributed by atoms with van der Waals surface area (Å²) in [6.07, 6.45) is 2.62. The van der Waals surface area contributed by atoms with Gasteiger partial charge in [-0.15, -0.1) is 0 Å². The third-order valence-corrected chi connectivity index (χ3v) is 3.38. The number of benzene rings is 1. The number of carbonyl (C=O) groups is 1. The molecule has 1 saturated heterocycles. The Kier molecular flexibility index (Phi) is 3.43. The lowest BCUT2D eigenvalue weighted by Gasteiger charge is -2.24. The topological polar surface area (TPSA) is 49.3 Å². The van der Waals surface area contributed by atoms with E-state index in [-0.39, 0.29) is 5.82 Å². The van der Waals surface area contributed by atoms with Crippen molar-refractivity contribution in [3.8, 4) is 0 Å². The summed E-state index contributed by atoms with van der Waals surface area (Å²) in [6, 6.07) is 6.34. The Balaban J connectivity index is 2.03. The van der Waals surface area contributed by atoms with Crippen LogP contribution in [0.5, 0.6) is 0 Å². The maximum atomic E-state index is 13.0. The lowest BCUT2D eigenvalue weighted by atomic mass is 9.90. The molecule has 0 radical (unpaired) electrons. The number of hydrogen-bond donors (Lipinski definition) is 2. The minimum atomic E-state index is -0.813. The van der Waals surface area contributed by atoms with E-state index in [1.54, 1.807) is 6.07 Å². The zero-order valence-electron chi connectivity index (χ0n) is 9.58. The molecule has 0 amide bonds. The van der Waals surface area contributed by atoms with Crippen LogP contribution in [-0.2, 0) is 11.2 Å². The van der Waals surface area contributed by atoms with Crippen molar-refractivity contribution in [3.63, 3.8) is 0 Å². The standard InChI is InChI=1S/C13H16FNO2/c14-11-4-1-3-10(9-11)5-7-13(12(16)17)6-2-8-15-13/h1,3-4,9,15H,2,5-8H2,(H,16,17). The SMILES string of the molecule is O=C(O)C1(CCc2cccc(F)c2)CCCN1. The molecule has 3 nitrogen and oxygen atoms in total. The van der Waals surface area contributed by atoms with Crippen LogP contribution in [0.4, 0.5) is 4.39 Å². The molecule has 0 spiro atoms. The molecule has 0 aromatic heterocycles. The van der Waals surface area contributed by atoms with Crippen molar-refractivity contribution >= 4 is 5.97 Å². The Morgan fingerprint density at radius 3 is 2.94 bits per heavy atom. The summed E-state index contributed by atoms with van der Waals surface area (Å²) in [6.45, 7) is 0.745. The van der Waals surface area contributed by atoms with Gasteiger partial charge in [-0.2, -0.15) is 0 Å². The van der Waals surface area contributed by atoms with Gasteiger partial charge in [-0.25, -0.2) is 4.39 Å². The summed E-state index contributed by atoms with van der Waals surface area (Å²) in [5, 5.41) is 12.3. The Morgan fingerprint density at radius 2 is 2.35 bits per heavy atom. The second-order valence-electron chi connectivity index (χ2n) is 4.55. The maximum Gasteiger partial charge on any atom is 0.323 e. The first kappa shape index (κ1) is 12.0. The van der Waals surface area contributed by atoms with Crippen LogP contribution >= 0.6 is 0 Å². The van der Waals surface area contributed by atoms with E-state index in [9.17, 15) is 14.3 Å². The molecule has 1 atom stereocenters. The maximum absolute atomic E-state index is 13.0. The highest BCUT2D eigenvalue weighted by molar-refractivity contribution is 5.79. The quantitative estimate of drug-likeness (QED) is 0.841. The summed E-state index contributed by atoms with van der Waals surface area (Å²) in [7, 11) is 0. The fraction of sp³-hybridized carbons (Fsp3) is 0.462. The third-order valence-electron chi connectivity index (χ3n) is 3.38. The van der Waals surface area contributed by atoms with Gasteiger partial charge < -0.3 is 10.4 Å². The lowest BCUT2D eigenvalue weighted by Crippen LogP contribution is -2.47. The van der Waals surface area contributed by atoms with Gasteiger partial charge in [0.05, 0.1) is 0 Å². The fourth-order valence-corrected chi connectivity index (χ4v) is 2.36. The highest BCUT2D eigenvalue weighted by Gasteiger charge is 2.40. The molecule has 1 aromatic carbocycles. The van der Waals surface area contributed by atoms with Gasteiger partial charge in [-0.3, -0.25) is 4.79 Å². The number of aliphatic carboxylic acids is 1. The second kappa shape index (κ2) is 4.84. The normalized spacial score (nSPS) is 23.8. The number of carboxylic acid groups (broad SMARTS) is 1. The van der Waals surface area contributed by atoms with Gasteiger partial charge in [0.15, 0.2) is 0 Å². The monoisotopic (exact) mass is 237 g/mol. The Bertz CT molecular complexity index is 414. The van der Waals surface area contributed by atoms with E-state index in [1.807, 2.05) is 6.07 Å². The van der Waals surface area contributed by atoms with Crippen molar-refractivity contribution in [2.24, 2.45) is 0 Å². The van der Waals surface area contributed by atoms with Crippen LogP contribution in [0.3, 0.4) is 0 Å². The smallest absolute Gasteiger partial charge is 0.323 e. The summed E-state index contributed by atoms with van der Waals surface area (Å²) >= 11 is 0. The van der Waals surface area contributed by atoms with E-state index in [0.717, 1.165) is 18.5 Å². The largest absolute Gasteiger partial charge is 0.480 e. The molecular formula is C13H16FNO2. The summed E-state index contributed by atoms with van der Waals surface area (Å²) in [5.74, 6) is -1.07. The van der Waals surface area contributed by atoms with E-state index >= 15 is 0 Å². The van der Waals surface area contributed by atoms with Crippen molar-refractivity contribution in [2.75, 3.05) is 6.54 Å². The minimum Gasteiger partial charge on any atom is -0.480 e. The first-order chi connectivity index (χ1) is 8.12. The van der Waals surface area contributed by atoms with Crippen molar-refractivity contribution in [1.82, 2.24) is 5.32 Å². The van der Waals surface area contributed by atoms with Gasteiger partial charge in [0, 0.05) is 0 Å². The molecule has 2 rings (SSSR count). The summed E-state index contributed by atoms with van der Waals surface area (Å²) < 4.78 is 13.0. The van der Waals surface area contributed by atoms with Crippen LogP contribution in [0.25, 0.3) is 0 Å². The van der Waals surface area contributed by atoms with Crippen LogP contribution in [0.2, 0.25) is 0 Å². The van der Waals surface area contributed by atoms with Gasteiger partial charge in [0.1, 0.15) is 11.4 Å². The fourth-order valence-electron chi connectivity index (χ4n) is 2.36. The molecule has 1 fully saturated rings. The summed E-state index contributed by atoms with van der Waals surface area (Å²) in [5.41, 5.74) is 0.0334. The average molecular weight is 237 g/mol. The first-order valence-electron chi connectivity index (χ1n) is 5.85. The molecule has 1 heterocycles. The lowest BCUT2D eigenvalue weighted by molar-refractivity contribution is -0.144. The highest BCUT2D eigenvalue weighted by atomic mass is 19.1. The molecule has 2 N–H and O–H groups in total. The van der Waals surface area contributed by atoms with Crippen molar-refractivity contribution in [3.05, 3.63) is 35.6 Å². The van der Waals surface area contributed by atoms with Crippen LogP contribution in [0.1, 0.15) is 24.8 Å². The number of halogens is 1. The Labute approximate surface area is 99.7 Å². The van der Waals surface area contributed by atoms with Gasteiger partial charge in [0.25, 0.3) is 0 Å². The molecule has 92 valence electrons. The molecule has 1 unspecified atom stereocenters. The number of rotatable bonds is 4. The van der Waals surface area contributed by atoms with E-state index in [2.05, 4.69) is 5.32 Å². The van der Waals surface area contributed by atoms with Crippen LogP contribution in [0.15, 0.2) is 24.3 Å². The average Bonchev–Trinajstić information content (AvgIpc) is 2.76. The Hall–Kier alpha value is -1.42. The van der Waals surface area contributed by atoms with Gasteiger partial charge in [0.2, 0.25) is 0 Å². The van der Waals surface area contributed by atoms with Crippen molar-refractivity contribution in [1.29, 1.82) is 0 Å². The highest BCUT2D eigenvalue weighted by Crippen LogP contribution is 2.25. The number of carboxylic acids is 1. The molecule has 1 aliphatic heterocycles. The number of nitrogens with one attached hydrogen (secondary N) is 1. The molecule has 17 heavy (non-hydrogen) atoms. The first-order valence-corrected chi connectivity index (χ1v) is 5.85. The third kappa shape index (κ3) is 2.64. The van der Waals surface area contributed by atoms with E-state index in [4.69, 9.17) is 0 Å². The molecule has 1 aliphatic rings. The van der Waals surface area contributed by atoms with Gasteiger partial charge in [-0.1, -0.05) is 12.1 Å². The zero-order valence-corrected chi connectivity index (χ0v) is 9.58. The molecule has 0 saturated carbocycles. The molecular weight excluding hydrogens is 221 g/mol. The van der Waals surface area contributed by atoms with Crippen LogP contribution < -0.4 is 5.32 Å².